The Bertz CT molecular complexity index is 367. The van der Waals surface area contributed by atoms with Crippen molar-refractivity contribution in [1.82, 2.24) is 24.8 Å². The second kappa shape index (κ2) is 3.01. The lowest BCUT2D eigenvalue weighted by atomic mass is 10.4. The first kappa shape index (κ1) is 7.97. The molecule has 0 spiro atoms. The number of hydrogen-bond donors (Lipinski definition) is 0. The lowest BCUT2D eigenvalue weighted by Crippen LogP contribution is -2.02. The van der Waals surface area contributed by atoms with Crippen LogP contribution in [0.15, 0.2) is 18.5 Å². The van der Waals surface area contributed by atoms with Gasteiger partial charge in [-0.25, -0.2) is 4.68 Å². The first-order valence-electron chi connectivity index (χ1n) is 4.09. The van der Waals surface area contributed by atoms with Gasteiger partial charge in [0, 0.05) is 18.9 Å². The van der Waals surface area contributed by atoms with E-state index in [0.29, 0.717) is 6.54 Å². The number of aryl methyl sites for hydroxylation is 2. The van der Waals surface area contributed by atoms with Crippen molar-refractivity contribution < 1.29 is 0 Å². The Labute approximate surface area is 76.0 Å². The summed E-state index contributed by atoms with van der Waals surface area (Å²) in [5, 5.41) is 11.9. The summed E-state index contributed by atoms with van der Waals surface area (Å²) in [6, 6.07) is 2.04. The number of nitrogens with zero attached hydrogens (tertiary/aromatic N) is 5. The molecule has 2 aromatic rings. The zero-order valence-corrected chi connectivity index (χ0v) is 7.68. The molecule has 5 nitrogen and oxygen atoms in total. The molecule has 2 heterocycles. The van der Waals surface area contributed by atoms with Crippen LogP contribution in [0.2, 0.25) is 0 Å². The smallest absolute Gasteiger partial charge is 0.0867 e. The molecular weight excluding hydrogens is 166 g/mol. The van der Waals surface area contributed by atoms with Gasteiger partial charge in [-0.3, -0.25) is 4.68 Å². The predicted molar refractivity (Wildman–Crippen MR) is 47.1 cm³/mol. The van der Waals surface area contributed by atoms with Crippen molar-refractivity contribution in [3.63, 3.8) is 0 Å². The van der Waals surface area contributed by atoms with Gasteiger partial charge in [-0.2, -0.15) is 5.10 Å². The van der Waals surface area contributed by atoms with Gasteiger partial charge in [0.1, 0.15) is 0 Å². The van der Waals surface area contributed by atoms with E-state index in [0.717, 1.165) is 11.4 Å². The van der Waals surface area contributed by atoms with E-state index >= 15 is 0 Å². The lowest BCUT2D eigenvalue weighted by Gasteiger charge is -1.94. The molecule has 0 atom stereocenters. The van der Waals surface area contributed by atoms with Crippen molar-refractivity contribution >= 4 is 0 Å². The van der Waals surface area contributed by atoms with Gasteiger partial charge in [0.05, 0.1) is 18.4 Å². The highest BCUT2D eigenvalue weighted by atomic mass is 15.4. The van der Waals surface area contributed by atoms with Gasteiger partial charge in [-0.1, -0.05) is 5.21 Å². The van der Waals surface area contributed by atoms with Crippen LogP contribution in [0.1, 0.15) is 11.4 Å². The summed E-state index contributed by atoms with van der Waals surface area (Å²) in [5.74, 6) is 0. The summed E-state index contributed by atoms with van der Waals surface area (Å²) in [4.78, 5) is 0. The predicted octanol–water partition coefficient (Wildman–Crippen LogP) is 0.368. The van der Waals surface area contributed by atoms with Crippen LogP contribution in [0.5, 0.6) is 0 Å². The molecule has 0 aliphatic heterocycles. The molecular formula is C8H11N5. The third-order valence-corrected chi connectivity index (χ3v) is 1.96. The fraction of sp³-hybridized carbons (Fsp3) is 0.375. The Kier molecular flexibility index (Phi) is 1.84. The van der Waals surface area contributed by atoms with E-state index < -0.39 is 0 Å². The first-order chi connectivity index (χ1) is 6.25. The summed E-state index contributed by atoms with van der Waals surface area (Å²) in [7, 11) is 1.93. The molecule has 0 aliphatic carbocycles. The molecule has 0 amide bonds. The summed E-state index contributed by atoms with van der Waals surface area (Å²) < 4.78 is 3.61. The van der Waals surface area contributed by atoms with E-state index in [1.54, 1.807) is 10.9 Å². The maximum absolute atomic E-state index is 4.31. The Balaban J connectivity index is 2.19. The maximum atomic E-state index is 4.31. The van der Waals surface area contributed by atoms with Gasteiger partial charge in [0.25, 0.3) is 0 Å². The average Bonchev–Trinajstić information content (AvgIpc) is 2.64. The van der Waals surface area contributed by atoms with E-state index in [1.807, 2.05) is 30.9 Å². The second-order valence-electron chi connectivity index (χ2n) is 3.00. The largest absolute Gasteiger partial charge is 0.273 e. The molecule has 0 bridgehead atoms. The van der Waals surface area contributed by atoms with Crippen LogP contribution in [0, 0.1) is 6.92 Å². The van der Waals surface area contributed by atoms with Gasteiger partial charge in [-0.15, -0.1) is 5.10 Å². The maximum Gasteiger partial charge on any atom is 0.0867 e. The standard InChI is InChI=1S/C8H11N5/c1-7-5-8(10-12(7)2)6-13-4-3-9-11-13/h3-5H,6H2,1-2H3. The van der Waals surface area contributed by atoms with E-state index in [9.17, 15) is 0 Å². The summed E-state index contributed by atoms with van der Waals surface area (Å²) >= 11 is 0. The zero-order valence-electron chi connectivity index (χ0n) is 7.68. The number of aromatic nitrogens is 5. The topological polar surface area (TPSA) is 48.5 Å². The van der Waals surface area contributed by atoms with Crippen LogP contribution in [-0.4, -0.2) is 24.8 Å². The quantitative estimate of drug-likeness (QED) is 0.665. The molecule has 0 N–H and O–H groups in total. The molecule has 0 aromatic carbocycles. The number of rotatable bonds is 2. The Morgan fingerprint density at radius 1 is 1.46 bits per heavy atom. The fourth-order valence-corrected chi connectivity index (χ4v) is 1.20. The first-order valence-corrected chi connectivity index (χ1v) is 4.09. The molecule has 13 heavy (non-hydrogen) atoms. The highest BCUT2D eigenvalue weighted by Gasteiger charge is 2.01. The lowest BCUT2D eigenvalue weighted by molar-refractivity contribution is 0.622. The van der Waals surface area contributed by atoms with E-state index in [-0.39, 0.29) is 0 Å². The SMILES string of the molecule is Cc1cc(Cn2ccnn2)nn1C. The van der Waals surface area contributed by atoms with Crippen LogP contribution in [-0.2, 0) is 13.6 Å². The minimum absolute atomic E-state index is 0.682. The van der Waals surface area contributed by atoms with Gasteiger partial charge >= 0.3 is 0 Å². The van der Waals surface area contributed by atoms with Crippen molar-refractivity contribution in [2.24, 2.45) is 7.05 Å². The highest BCUT2D eigenvalue weighted by molar-refractivity contribution is 5.08. The van der Waals surface area contributed by atoms with Crippen molar-refractivity contribution in [1.29, 1.82) is 0 Å². The van der Waals surface area contributed by atoms with E-state index in [4.69, 9.17) is 0 Å². The molecule has 68 valence electrons. The molecule has 0 radical (unpaired) electrons. The second-order valence-corrected chi connectivity index (χ2v) is 3.00. The number of hydrogen-bond acceptors (Lipinski definition) is 3. The van der Waals surface area contributed by atoms with E-state index in [2.05, 4.69) is 15.4 Å². The third-order valence-electron chi connectivity index (χ3n) is 1.96. The summed E-state index contributed by atoms with van der Waals surface area (Å²) in [6.45, 7) is 2.71. The van der Waals surface area contributed by atoms with Crippen molar-refractivity contribution in [3.05, 3.63) is 29.8 Å². The molecule has 5 heteroatoms. The van der Waals surface area contributed by atoms with Gasteiger partial charge in [0.2, 0.25) is 0 Å². The van der Waals surface area contributed by atoms with Crippen LogP contribution in [0.3, 0.4) is 0 Å². The van der Waals surface area contributed by atoms with Gasteiger partial charge in [0.15, 0.2) is 0 Å². The van der Waals surface area contributed by atoms with Gasteiger partial charge in [-0.05, 0) is 13.0 Å². The van der Waals surface area contributed by atoms with Crippen LogP contribution in [0.4, 0.5) is 0 Å². The van der Waals surface area contributed by atoms with Crippen LogP contribution >= 0.6 is 0 Å². The summed E-state index contributed by atoms with van der Waals surface area (Å²) in [6.07, 6.45) is 3.49. The molecule has 0 aliphatic rings. The molecule has 2 aromatic heterocycles. The van der Waals surface area contributed by atoms with Crippen LogP contribution in [0.25, 0.3) is 0 Å². The summed E-state index contributed by atoms with van der Waals surface area (Å²) in [5.41, 5.74) is 2.15. The zero-order chi connectivity index (χ0) is 9.26. The average molecular weight is 177 g/mol. The Hall–Kier alpha value is -1.65. The van der Waals surface area contributed by atoms with E-state index in [1.165, 1.54) is 0 Å². The molecule has 0 saturated carbocycles. The van der Waals surface area contributed by atoms with Crippen LogP contribution < -0.4 is 0 Å². The van der Waals surface area contributed by atoms with Crippen molar-refractivity contribution in [2.45, 2.75) is 13.5 Å². The molecule has 0 fully saturated rings. The monoisotopic (exact) mass is 177 g/mol. The fourth-order valence-electron chi connectivity index (χ4n) is 1.20. The van der Waals surface area contributed by atoms with Crippen molar-refractivity contribution in [2.75, 3.05) is 0 Å². The molecule has 0 saturated heterocycles. The minimum atomic E-state index is 0.682. The van der Waals surface area contributed by atoms with Gasteiger partial charge < -0.3 is 0 Å². The van der Waals surface area contributed by atoms with Crippen molar-refractivity contribution in [3.8, 4) is 0 Å². The molecule has 2 rings (SSSR count). The highest BCUT2D eigenvalue weighted by Crippen LogP contribution is 2.02. The minimum Gasteiger partial charge on any atom is -0.273 e. The normalized spacial score (nSPS) is 10.6. The third kappa shape index (κ3) is 1.58. The Morgan fingerprint density at radius 2 is 2.31 bits per heavy atom. The Morgan fingerprint density at radius 3 is 2.85 bits per heavy atom. The molecule has 0 unspecified atom stereocenters.